The topological polar surface area (TPSA) is 120 Å². The van der Waals surface area contributed by atoms with Crippen LogP contribution < -0.4 is 10.2 Å². The molecule has 0 atom stereocenters. The number of nitro groups is 1. The van der Waals surface area contributed by atoms with E-state index < -0.39 is 11.1 Å². The quantitative estimate of drug-likeness (QED) is 0.271. The highest BCUT2D eigenvalue weighted by atomic mass is 16.7. The number of hydrogen-bond donors (Lipinski definition) is 1. The maximum atomic E-state index is 11.6. The average Bonchev–Trinajstić information content (AvgIpc) is 2.55. The Morgan fingerprint density at radius 1 is 1.24 bits per heavy atom. The van der Waals surface area contributed by atoms with Gasteiger partial charge in [0.15, 0.2) is 0 Å². The van der Waals surface area contributed by atoms with Gasteiger partial charge in [-0.25, -0.2) is 10.2 Å². The fourth-order valence-electron chi connectivity index (χ4n) is 1.88. The minimum atomic E-state index is -1.00. The Morgan fingerprint density at radius 3 is 2.52 bits per heavy atom. The third-order valence-corrected chi connectivity index (χ3v) is 3.01. The third-order valence-electron chi connectivity index (χ3n) is 3.01. The predicted molar refractivity (Wildman–Crippen MR) is 91.2 cm³/mol. The van der Waals surface area contributed by atoms with Crippen molar-refractivity contribution in [3.63, 3.8) is 0 Å². The van der Waals surface area contributed by atoms with Crippen molar-refractivity contribution < 1.29 is 19.2 Å². The van der Waals surface area contributed by atoms with Crippen LogP contribution in [-0.2, 0) is 11.3 Å². The van der Waals surface area contributed by atoms with E-state index in [0.717, 1.165) is 5.56 Å². The van der Waals surface area contributed by atoms with E-state index in [1.54, 1.807) is 13.0 Å². The molecular weight excluding hydrogens is 330 g/mol. The summed E-state index contributed by atoms with van der Waals surface area (Å²) in [4.78, 5) is 32.1. The lowest BCUT2D eigenvalue weighted by atomic mass is 10.1. The molecule has 2 rings (SSSR count). The zero-order chi connectivity index (χ0) is 17.5. The van der Waals surface area contributed by atoms with E-state index in [-0.39, 0.29) is 31.0 Å². The lowest BCUT2D eigenvalue weighted by Gasteiger charge is -2.07. The van der Waals surface area contributed by atoms with Gasteiger partial charge in [-0.2, -0.15) is 0 Å². The molecule has 0 bridgehead atoms. The summed E-state index contributed by atoms with van der Waals surface area (Å²) in [5, 5.41) is 13.5. The molecule has 0 amide bonds. The van der Waals surface area contributed by atoms with E-state index in [4.69, 9.17) is 9.47 Å². The minimum Gasteiger partial charge on any atom is -0.429 e. The van der Waals surface area contributed by atoms with Crippen molar-refractivity contribution in [2.24, 2.45) is 5.29 Å². The van der Waals surface area contributed by atoms with Crippen LogP contribution in [0.4, 0.5) is 16.2 Å². The van der Waals surface area contributed by atoms with E-state index >= 15 is 0 Å². The average molecular weight is 347 g/mol. The van der Waals surface area contributed by atoms with Gasteiger partial charge in [0, 0.05) is 6.07 Å². The summed E-state index contributed by atoms with van der Waals surface area (Å²) in [5.41, 5.74) is 3.49. The molecule has 0 aromatic heterocycles. The van der Waals surface area contributed by atoms with Crippen molar-refractivity contribution >= 4 is 17.5 Å². The van der Waals surface area contributed by atoms with Gasteiger partial charge in [0.1, 0.15) is 12.4 Å². The predicted octanol–water partition coefficient (Wildman–Crippen LogP) is 4.35. The summed E-state index contributed by atoms with van der Waals surface area (Å²) in [6.07, 6.45) is -1.00. The van der Waals surface area contributed by atoms with Gasteiger partial charge in [-0.15, -0.1) is 4.91 Å². The first kappa shape index (κ1) is 19.6. The standard InChI is InChI=1S/C15H13N3O6.CH4/c1-10-2-3-11(14(8-10)18(21)22)9-23-15(19)24-13-6-4-12(5-7-13)16-17-20;/h2-8H,9H2,1H3,(H,16,20);1H4. The number of aryl methyl sites for hydroxylation is 1. The monoisotopic (exact) mass is 347 g/mol. The normalized spacial score (nSPS) is 9.48. The van der Waals surface area contributed by atoms with Crippen molar-refractivity contribution in [1.82, 2.24) is 0 Å². The zero-order valence-corrected chi connectivity index (χ0v) is 12.6. The molecule has 25 heavy (non-hydrogen) atoms. The summed E-state index contributed by atoms with van der Waals surface area (Å²) in [6.45, 7) is 1.44. The van der Waals surface area contributed by atoms with Crippen LogP contribution in [0, 0.1) is 21.9 Å². The fourth-order valence-corrected chi connectivity index (χ4v) is 1.88. The second kappa shape index (κ2) is 8.96. The van der Waals surface area contributed by atoms with Crippen molar-refractivity contribution in [2.75, 3.05) is 5.43 Å². The Bertz CT molecular complexity index is 761. The van der Waals surface area contributed by atoms with Gasteiger partial charge >= 0.3 is 6.16 Å². The molecule has 1 N–H and O–H groups in total. The first-order chi connectivity index (χ1) is 11.5. The van der Waals surface area contributed by atoms with Crippen molar-refractivity contribution in [1.29, 1.82) is 0 Å². The number of anilines is 1. The molecular formula is C16H17N3O6. The van der Waals surface area contributed by atoms with Crippen LogP contribution >= 0.6 is 0 Å². The van der Waals surface area contributed by atoms with Crippen molar-refractivity contribution in [3.8, 4) is 5.75 Å². The molecule has 9 heteroatoms. The number of benzene rings is 2. The number of carbonyl (C=O) groups excluding carboxylic acids is 1. The van der Waals surface area contributed by atoms with Gasteiger partial charge in [0.2, 0.25) is 0 Å². The Hall–Kier alpha value is -3.49. The van der Waals surface area contributed by atoms with Gasteiger partial charge in [-0.3, -0.25) is 10.1 Å². The lowest BCUT2D eigenvalue weighted by molar-refractivity contribution is -0.385. The highest BCUT2D eigenvalue weighted by Crippen LogP contribution is 2.21. The van der Waals surface area contributed by atoms with E-state index in [1.165, 1.54) is 36.4 Å². The largest absolute Gasteiger partial charge is 0.514 e. The number of nitrogens with zero attached hydrogens (tertiary/aromatic N) is 2. The van der Waals surface area contributed by atoms with E-state index in [9.17, 15) is 19.8 Å². The number of nitro benzene ring substituents is 1. The maximum absolute atomic E-state index is 11.6. The van der Waals surface area contributed by atoms with Crippen LogP contribution in [0.2, 0.25) is 0 Å². The van der Waals surface area contributed by atoms with Crippen LogP contribution in [0.3, 0.4) is 0 Å². The molecule has 2 aromatic rings. The Balaban J connectivity index is 0.00000312. The van der Waals surface area contributed by atoms with Crippen LogP contribution in [0.1, 0.15) is 18.6 Å². The Labute approximate surface area is 143 Å². The molecule has 2 aromatic carbocycles. The summed E-state index contributed by atoms with van der Waals surface area (Å²) >= 11 is 0. The molecule has 0 unspecified atom stereocenters. The molecule has 0 aliphatic heterocycles. The van der Waals surface area contributed by atoms with Crippen LogP contribution in [0.25, 0.3) is 0 Å². The second-order valence-corrected chi connectivity index (χ2v) is 4.76. The number of ether oxygens (including phenoxy) is 2. The molecule has 132 valence electrons. The molecule has 0 saturated heterocycles. The van der Waals surface area contributed by atoms with E-state index in [2.05, 4.69) is 10.7 Å². The Kier molecular flexibility index (Phi) is 7.01. The molecule has 0 fully saturated rings. The van der Waals surface area contributed by atoms with Gasteiger partial charge < -0.3 is 9.47 Å². The number of hydrogen-bond acceptors (Lipinski definition) is 7. The summed E-state index contributed by atoms with van der Waals surface area (Å²) in [7, 11) is 0. The molecule has 0 aliphatic rings. The second-order valence-electron chi connectivity index (χ2n) is 4.76. The van der Waals surface area contributed by atoms with Crippen molar-refractivity contribution in [3.05, 3.63) is 68.6 Å². The fraction of sp³-hybridized carbons (Fsp3) is 0.188. The van der Waals surface area contributed by atoms with E-state index in [0.29, 0.717) is 5.69 Å². The highest BCUT2D eigenvalue weighted by Gasteiger charge is 2.16. The number of carbonyl (C=O) groups is 1. The SMILES string of the molecule is C.Cc1ccc(COC(=O)Oc2ccc(NN=O)cc2)c([N+](=O)[O-])c1. The van der Waals surface area contributed by atoms with Crippen molar-refractivity contribution in [2.45, 2.75) is 21.0 Å². The molecule has 0 aliphatic carbocycles. The van der Waals surface area contributed by atoms with Crippen LogP contribution in [-0.4, -0.2) is 11.1 Å². The van der Waals surface area contributed by atoms with Crippen LogP contribution in [0.5, 0.6) is 5.75 Å². The number of nitroso groups, excluding NO2 is 1. The van der Waals surface area contributed by atoms with Gasteiger partial charge in [0.05, 0.1) is 21.5 Å². The first-order valence-electron chi connectivity index (χ1n) is 6.76. The summed E-state index contributed by atoms with van der Waals surface area (Å²) < 4.78 is 9.82. The zero-order valence-electron chi connectivity index (χ0n) is 12.6. The molecule has 0 saturated carbocycles. The first-order valence-corrected chi connectivity index (χ1v) is 6.76. The van der Waals surface area contributed by atoms with Gasteiger partial charge in [0.25, 0.3) is 5.69 Å². The smallest absolute Gasteiger partial charge is 0.429 e. The van der Waals surface area contributed by atoms with E-state index in [1.807, 2.05) is 0 Å². The maximum Gasteiger partial charge on any atom is 0.514 e. The molecule has 0 radical (unpaired) electrons. The van der Waals surface area contributed by atoms with Crippen LogP contribution in [0.15, 0.2) is 47.8 Å². The summed E-state index contributed by atoms with van der Waals surface area (Å²) in [5.74, 6) is 0.190. The highest BCUT2D eigenvalue weighted by molar-refractivity contribution is 5.64. The lowest BCUT2D eigenvalue weighted by Crippen LogP contribution is -2.11. The number of rotatable bonds is 6. The van der Waals surface area contributed by atoms with Gasteiger partial charge in [-0.05, 0) is 42.8 Å². The van der Waals surface area contributed by atoms with Gasteiger partial charge in [-0.1, -0.05) is 13.5 Å². The molecule has 9 nitrogen and oxygen atoms in total. The Morgan fingerprint density at radius 2 is 1.92 bits per heavy atom. The molecule has 0 spiro atoms. The number of nitrogens with one attached hydrogen (secondary N) is 1. The third kappa shape index (κ3) is 5.57. The summed E-state index contributed by atoms with van der Waals surface area (Å²) in [6, 6.07) is 10.4. The molecule has 0 heterocycles. The minimum absolute atomic E-state index is 0.